The van der Waals surface area contributed by atoms with Crippen molar-refractivity contribution in [3.05, 3.63) is 35.4 Å². The summed E-state index contributed by atoms with van der Waals surface area (Å²) in [4.78, 5) is 10.8. The second-order valence-electron chi connectivity index (χ2n) is 4.42. The molecule has 0 heterocycles. The molecule has 1 aromatic carbocycles. The monoisotopic (exact) mass is 264 g/mol. The predicted octanol–water partition coefficient (Wildman–Crippen LogP) is 3.57. The topological polar surface area (TPSA) is 17.1 Å². The number of hydrogen-bond donors (Lipinski definition) is 0. The van der Waals surface area contributed by atoms with E-state index < -0.39 is 23.1 Å². The molecule has 0 amide bonds. The fourth-order valence-corrected chi connectivity index (χ4v) is 1.78. The molecule has 0 N–H and O–H groups in total. The van der Waals surface area contributed by atoms with Crippen LogP contribution in [0.25, 0.3) is 0 Å². The van der Waals surface area contributed by atoms with Crippen LogP contribution in [0.15, 0.2) is 24.3 Å². The number of benzene rings is 1. The second-order valence-corrected chi connectivity index (χ2v) is 4.42. The summed E-state index contributed by atoms with van der Waals surface area (Å²) in [5.74, 6) is -4.87. The van der Waals surface area contributed by atoms with Gasteiger partial charge in [0.2, 0.25) is 0 Å². The molecular formula is C12H9F5O. The first-order chi connectivity index (χ1) is 8.23. The lowest BCUT2D eigenvalue weighted by Crippen LogP contribution is -2.33. The smallest absolute Gasteiger partial charge is 0.302 e. The van der Waals surface area contributed by atoms with Crippen LogP contribution >= 0.6 is 0 Å². The SMILES string of the molecule is O=CC1(c2ccc(C(F)(F)C(F)(F)F)cc2)CC1. The van der Waals surface area contributed by atoms with Gasteiger partial charge in [0, 0.05) is 5.56 Å². The van der Waals surface area contributed by atoms with E-state index in [0.29, 0.717) is 24.7 Å². The van der Waals surface area contributed by atoms with E-state index in [1.165, 1.54) is 0 Å². The van der Waals surface area contributed by atoms with E-state index in [9.17, 15) is 26.7 Å². The van der Waals surface area contributed by atoms with E-state index in [0.717, 1.165) is 24.3 Å². The van der Waals surface area contributed by atoms with Crippen LogP contribution < -0.4 is 0 Å². The lowest BCUT2D eigenvalue weighted by molar-refractivity contribution is -0.289. The summed E-state index contributed by atoms with van der Waals surface area (Å²) in [6.07, 6.45) is -3.70. The van der Waals surface area contributed by atoms with E-state index in [2.05, 4.69) is 0 Å². The molecule has 18 heavy (non-hydrogen) atoms. The molecule has 0 radical (unpaired) electrons. The molecule has 1 aromatic rings. The third kappa shape index (κ3) is 1.89. The van der Waals surface area contributed by atoms with Gasteiger partial charge < -0.3 is 4.79 Å². The van der Waals surface area contributed by atoms with E-state index >= 15 is 0 Å². The summed E-state index contributed by atoms with van der Waals surface area (Å²) in [7, 11) is 0. The molecule has 0 aromatic heterocycles. The average Bonchev–Trinajstić information content (AvgIpc) is 3.08. The van der Waals surface area contributed by atoms with E-state index in [-0.39, 0.29) is 0 Å². The number of rotatable bonds is 3. The largest absolute Gasteiger partial charge is 0.458 e. The summed E-state index contributed by atoms with van der Waals surface area (Å²) in [5, 5.41) is 0. The van der Waals surface area contributed by atoms with Gasteiger partial charge in [0.25, 0.3) is 0 Å². The molecule has 1 aliphatic rings. The maximum Gasteiger partial charge on any atom is 0.458 e. The maximum absolute atomic E-state index is 13.0. The second kappa shape index (κ2) is 3.76. The Morgan fingerprint density at radius 2 is 1.50 bits per heavy atom. The first-order valence-electron chi connectivity index (χ1n) is 5.25. The van der Waals surface area contributed by atoms with Crippen LogP contribution in [-0.2, 0) is 16.1 Å². The highest BCUT2D eigenvalue weighted by Crippen LogP contribution is 2.48. The van der Waals surface area contributed by atoms with Crippen molar-refractivity contribution in [2.45, 2.75) is 30.4 Å². The summed E-state index contributed by atoms with van der Waals surface area (Å²) < 4.78 is 62.4. The number of aldehydes is 1. The van der Waals surface area contributed by atoms with Crippen molar-refractivity contribution in [3.8, 4) is 0 Å². The van der Waals surface area contributed by atoms with Crippen LogP contribution in [0.2, 0.25) is 0 Å². The van der Waals surface area contributed by atoms with Crippen molar-refractivity contribution in [1.29, 1.82) is 0 Å². The van der Waals surface area contributed by atoms with Crippen LogP contribution in [0.3, 0.4) is 0 Å². The van der Waals surface area contributed by atoms with Crippen molar-refractivity contribution in [1.82, 2.24) is 0 Å². The van der Waals surface area contributed by atoms with Gasteiger partial charge >= 0.3 is 12.1 Å². The molecule has 1 nitrogen and oxygen atoms in total. The van der Waals surface area contributed by atoms with Crippen LogP contribution in [0.1, 0.15) is 24.0 Å². The minimum absolute atomic E-state index is 0.485. The molecule has 1 fully saturated rings. The Hall–Kier alpha value is -1.46. The highest BCUT2D eigenvalue weighted by atomic mass is 19.4. The average molecular weight is 264 g/mol. The number of carbonyl (C=O) groups excluding carboxylic acids is 1. The molecule has 1 aliphatic carbocycles. The van der Waals surface area contributed by atoms with E-state index in [4.69, 9.17) is 0 Å². The Balaban J connectivity index is 2.31. The van der Waals surface area contributed by atoms with E-state index in [1.54, 1.807) is 0 Å². The molecule has 0 saturated heterocycles. The highest BCUT2D eigenvalue weighted by Gasteiger charge is 2.58. The van der Waals surface area contributed by atoms with Gasteiger partial charge in [-0.3, -0.25) is 0 Å². The van der Waals surface area contributed by atoms with E-state index in [1.807, 2.05) is 0 Å². The molecular weight excluding hydrogens is 255 g/mol. The third-order valence-electron chi connectivity index (χ3n) is 3.19. The Kier molecular flexibility index (Phi) is 2.72. The number of carbonyl (C=O) groups is 1. The summed E-state index contributed by atoms with van der Waals surface area (Å²) >= 11 is 0. The molecule has 0 atom stereocenters. The first-order valence-corrected chi connectivity index (χ1v) is 5.25. The Morgan fingerprint density at radius 1 is 1.00 bits per heavy atom. The van der Waals surface area contributed by atoms with Gasteiger partial charge in [-0.1, -0.05) is 24.3 Å². The van der Waals surface area contributed by atoms with Crippen LogP contribution in [0.5, 0.6) is 0 Å². The van der Waals surface area contributed by atoms with Gasteiger partial charge in [-0.2, -0.15) is 22.0 Å². The minimum Gasteiger partial charge on any atom is -0.302 e. The van der Waals surface area contributed by atoms with Crippen molar-refractivity contribution < 1.29 is 26.7 Å². The summed E-state index contributed by atoms with van der Waals surface area (Å²) in [6.45, 7) is 0. The Labute approximate surface area is 99.6 Å². The van der Waals surface area contributed by atoms with Crippen molar-refractivity contribution in [3.63, 3.8) is 0 Å². The van der Waals surface area contributed by atoms with Crippen molar-refractivity contribution in [2.75, 3.05) is 0 Å². The lowest BCUT2D eigenvalue weighted by Gasteiger charge is -2.20. The quantitative estimate of drug-likeness (QED) is 0.602. The molecule has 0 spiro atoms. The van der Waals surface area contributed by atoms with Gasteiger partial charge in [-0.05, 0) is 18.4 Å². The molecule has 6 heteroatoms. The molecule has 0 bridgehead atoms. The number of hydrogen-bond acceptors (Lipinski definition) is 1. The normalized spacial score (nSPS) is 18.5. The van der Waals surface area contributed by atoms with Gasteiger partial charge in [-0.15, -0.1) is 0 Å². The van der Waals surface area contributed by atoms with Gasteiger partial charge in [0.05, 0.1) is 5.41 Å². The zero-order valence-electron chi connectivity index (χ0n) is 9.10. The highest BCUT2D eigenvalue weighted by molar-refractivity contribution is 5.73. The lowest BCUT2D eigenvalue weighted by atomic mass is 9.95. The fraction of sp³-hybridized carbons (Fsp3) is 0.417. The number of alkyl halides is 5. The van der Waals surface area contributed by atoms with Gasteiger partial charge in [0.15, 0.2) is 0 Å². The predicted molar refractivity (Wildman–Crippen MR) is 53.4 cm³/mol. The Morgan fingerprint density at radius 3 is 1.83 bits per heavy atom. The summed E-state index contributed by atoms with van der Waals surface area (Å²) in [6, 6.07) is 3.78. The molecule has 0 unspecified atom stereocenters. The standard InChI is InChI=1S/C12H9F5O/c13-11(14,12(15,16)17)9-3-1-8(2-4-9)10(7-18)5-6-10/h1-4,7H,5-6H2. The fourth-order valence-electron chi connectivity index (χ4n) is 1.78. The zero-order chi connectivity index (χ0) is 13.6. The van der Waals surface area contributed by atoms with Gasteiger partial charge in [0.1, 0.15) is 6.29 Å². The minimum atomic E-state index is -5.61. The molecule has 0 aliphatic heterocycles. The molecule has 2 rings (SSSR count). The summed E-state index contributed by atoms with van der Waals surface area (Å²) in [5.41, 5.74) is -1.30. The zero-order valence-corrected chi connectivity index (χ0v) is 9.10. The maximum atomic E-state index is 13.0. The van der Waals surface area contributed by atoms with Crippen LogP contribution in [0, 0.1) is 0 Å². The van der Waals surface area contributed by atoms with Crippen molar-refractivity contribution in [2.24, 2.45) is 0 Å². The van der Waals surface area contributed by atoms with Crippen LogP contribution in [0.4, 0.5) is 22.0 Å². The third-order valence-corrected chi connectivity index (χ3v) is 3.19. The first kappa shape index (κ1) is 13.0. The van der Waals surface area contributed by atoms with Crippen molar-refractivity contribution >= 4 is 6.29 Å². The molecule has 1 saturated carbocycles. The molecule has 98 valence electrons. The number of halogens is 5. The Bertz CT molecular complexity index is 456. The van der Waals surface area contributed by atoms with Gasteiger partial charge in [-0.25, -0.2) is 0 Å². The van der Waals surface area contributed by atoms with Crippen LogP contribution in [-0.4, -0.2) is 12.5 Å².